The zero-order valence-electron chi connectivity index (χ0n) is 10.1. The molecule has 0 saturated heterocycles. The van der Waals surface area contributed by atoms with E-state index in [-0.39, 0.29) is 4.90 Å². The number of hydrogen-bond acceptors (Lipinski definition) is 3. The Balaban J connectivity index is 2.33. The van der Waals surface area contributed by atoms with Gasteiger partial charge in [-0.3, -0.25) is 4.68 Å². The largest absolute Gasteiger partial charge is 0.267 e. The van der Waals surface area contributed by atoms with Gasteiger partial charge in [0.15, 0.2) is 0 Å². The van der Waals surface area contributed by atoms with Crippen LogP contribution in [0, 0.1) is 13.8 Å². The molecule has 2 rings (SSSR count). The predicted molar refractivity (Wildman–Crippen MR) is 70.3 cm³/mol. The van der Waals surface area contributed by atoms with Gasteiger partial charge in [-0.2, -0.15) is 5.10 Å². The van der Waals surface area contributed by atoms with E-state index >= 15 is 0 Å². The molecule has 1 heterocycles. The number of halogens is 1. The molecule has 0 aliphatic rings. The van der Waals surface area contributed by atoms with Crippen molar-refractivity contribution in [3.63, 3.8) is 0 Å². The van der Waals surface area contributed by atoms with Crippen LogP contribution in [0.3, 0.4) is 0 Å². The normalized spacial score (nSPS) is 11.7. The monoisotopic (exact) mass is 284 g/mol. The van der Waals surface area contributed by atoms with Crippen molar-refractivity contribution in [1.82, 2.24) is 9.78 Å². The van der Waals surface area contributed by atoms with E-state index in [1.807, 2.05) is 32.0 Å². The van der Waals surface area contributed by atoms with Crippen molar-refractivity contribution < 1.29 is 8.42 Å². The van der Waals surface area contributed by atoms with Crippen molar-refractivity contribution in [1.29, 1.82) is 0 Å². The number of aromatic nitrogens is 2. The van der Waals surface area contributed by atoms with Crippen LogP contribution in [0.2, 0.25) is 0 Å². The second kappa shape index (κ2) is 4.74. The summed E-state index contributed by atoms with van der Waals surface area (Å²) in [6.07, 6.45) is 2.70. The Morgan fingerprint density at radius 3 is 2.39 bits per heavy atom. The Bertz CT molecular complexity index is 657. The van der Waals surface area contributed by atoms with E-state index in [0.29, 0.717) is 6.54 Å². The molecule has 6 heteroatoms. The first-order chi connectivity index (χ1) is 8.38. The third-order valence-corrected chi connectivity index (χ3v) is 4.16. The second-order valence-corrected chi connectivity index (χ2v) is 6.75. The maximum absolute atomic E-state index is 11.1. The van der Waals surface area contributed by atoms with Crippen molar-refractivity contribution in [3.05, 3.63) is 47.3 Å². The Labute approximate surface area is 111 Å². The third kappa shape index (κ3) is 2.73. The summed E-state index contributed by atoms with van der Waals surface area (Å²) in [6.45, 7) is 4.57. The minimum Gasteiger partial charge on any atom is -0.267 e. The Morgan fingerprint density at radius 2 is 1.89 bits per heavy atom. The van der Waals surface area contributed by atoms with Gasteiger partial charge in [-0.05, 0) is 30.5 Å². The van der Waals surface area contributed by atoms with Gasteiger partial charge in [0.1, 0.15) is 4.90 Å². The number of nitrogens with zero attached hydrogens (tertiary/aromatic N) is 2. The van der Waals surface area contributed by atoms with E-state index in [0.717, 1.165) is 16.7 Å². The minimum atomic E-state index is -3.71. The average molecular weight is 285 g/mol. The molecule has 0 aliphatic carbocycles. The first-order valence-corrected chi connectivity index (χ1v) is 7.71. The van der Waals surface area contributed by atoms with Crippen LogP contribution in [-0.4, -0.2) is 18.2 Å². The van der Waals surface area contributed by atoms with Crippen LogP contribution < -0.4 is 0 Å². The lowest BCUT2D eigenvalue weighted by molar-refractivity contribution is 0.609. The maximum Gasteiger partial charge on any atom is 0.264 e. The molecule has 0 atom stereocenters. The summed E-state index contributed by atoms with van der Waals surface area (Å²) in [6, 6.07) is 6.03. The Morgan fingerprint density at radius 1 is 1.28 bits per heavy atom. The second-order valence-electron chi connectivity index (χ2n) is 4.18. The van der Waals surface area contributed by atoms with Crippen molar-refractivity contribution in [2.45, 2.75) is 25.3 Å². The van der Waals surface area contributed by atoms with Crippen LogP contribution in [0.1, 0.15) is 16.7 Å². The van der Waals surface area contributed by atoms with Crippen molar-refractivity contribution in [2.75, 3.05) is 0 Å². The lowest BCUT2D eigenvalue weighted by Crippen LogP contribution is -2.03. The topological polar surface area (TPSA) is 52.0 Å². The van der Waals surface area contributed by atoms with E-state index in [1.54, 1.807) is 4.68 Å². The van der Waals surface area contributed by atoms with Crippen LogP contribution >= 0.6 is 10.7 Å². The summed E-state index contributed by atoms with van der Waals surface area (Å²) in [5.41, 5.74) is 3.45. The summed E-state index contributed by atoms with van der Waals surface area (Å²) < 4.78 is 23.9. The molecule has 18 heavy (non-hydrogen) atoms. The molecule has 0 unspecified atom stereocenters. The van der Waals surface area contributed by atoms with E-state index in [2.05, 4.69) is 5.10 Å². The standard InChI is InChI=1S/C12H13ClN2O2S/c1-9-4-3-5-10(2)12(9)8-15-7-11(6-14-15)18(13,16)17/h3-7H,8H2,1-2H3. The van der Waals surface area contributed by atoms with Crippen LogP contribution in [0.25, 0.3) is 0 Å². The SMILES string of the molecule is Cc1cccc(C)c1Cn1cc(S(=O)(=O)Cl)cn1. The number of rotatable bonds is 3. The molecule has 1 aromatic carbocycles. The summed E-state index contributed by atoms with van der Waals surface area (Å²) in [7, 11) is 1.55. The third-order valence-electron chi connectivity index (χ3n) is 2.86. The maximum atomic E-state index is 11.1. The first-order valence-electron chi connectivity index (χ1n) is 5.40. The van der Waals surface area contributed by atoms with Gasteiger partial charge in [-0.25, -0.2) is 8.42 Å². The molecule has 0 N–H and O–H groups in total. The van der Waals surface area contributed by atoms with Gasteiger partial charge in [0.25, 0.3) is 9.05 Å². The van der Waals surface area contributed by atoms with Crippen LogP contribution in [0.5, 0.6) is 0 Å². The molecular formula is C12H13ClN2O2S. The lowest BCUT2D eigenvalue weighted by Gasteiger charge is -2.09. The van der Waals surface area contributed by atoms with E-state index in [9.17, 15) is 8.42 Å². The minimum absolute atomic E-state index is 0.0235. The molecule has 0 bridgehead atoms. The van der Waals surface area contributed by atoms with Crippen molar-refractivity contribution in [2.24, 2.45) is 0 Å². The summed E-state index contributed by atoms with van der Waals surface area (Å²) >= 11 is 0. The molecule has 1 aromatic heterocycles. The molecule has 0 aliphatic heterocycles. The molecule has 96 valence electrons. The van der Waals surface area contributed by atoms with E-state index in [4.69, 9.17) is 10.7 Å². The fourth-order valence-electron chi connectivity index (χ4n) is 1.82. The molecule has 0 fully saturated rings. The average Bonchev–Trinajstić information content (AvgIpc) is 2.72. The zero-order valence-corrected chi connectivity index (χ0v) is 11.7. The molecular weight excluding hydrogens is 272 g/mol. The van der Waals surface area contributed by atoms with Gasteiger partial charge in [0, 0.05) is 16.9 Å². The van der Waals surface area contributed by atoms with Gasteiger partial charge in [0.2, 0.25) is 0 Å². The lowest BCUT2D eigenvalue weighted by atomic mass is 10.0. The predicted octanol–water partition coefficient (Wildman–Crippen LogP) is 2.48. The molecule has 4 nitrogen and oxygen atoms in total. The van der Waals surface area contributed by atoms with Gasteiger partial charge in [-0.15, -0.1) is 0 Å². The van der Waals surface area contributed by atoms with Gasteiger partial charge in [-0.1, -0.05) is 18.2 Å². The molecule has 2 aromatic rings. The van der Waals surface area contributed by atoms with Crippen LogP contribution in [0.4, 0.5) is 0 Å². The quantitative estimate of drug-likeness (QED) is 0.814. The highest BCUT2D eigenvalue weighted by Gasteiger charge is 2.13. The molecule has 0 radical (unpaired) electrons. The fraction of sp³-hybridized carbons (Fsp3) is 0.250. The summed E-state index contributed by atoms with van der Waals surface area (Å²) in [5.74, 6) is 0. The Hall–Kier alpha value is -1.33. The molecule has 0 saturated carbocycles. The number of benzene rings is 1. The van der Waals surface area contributed by atoms with Gasteiger partial charge < -0.3 is 0 Å². The fourth-order valence-corrected chi connectivity index (χ4v) is 2.48. The van der Waals surface area contributed by atoms with Crippen molar-refractivity contribution >= 4 is 19.7 Å². The summed E-state index contributed by atoms with van der Waals surface area (Å²) in [5, 5.41) is 4.01. The van der Waals surface area contributed by atoms with Crippen LogP contribution in [-0.2, 0) is 15.6 Å². The smallest absolute Gasteiger partial charge is 0.264 e. The highest BCUT2D eigenvalue weighted by atomic mass is 35.7. The highest BCUT2D eigenvalue weighted by Crippen LogP contribution is 2.17. The summed E-state index contributed by atoms with van der Waals surface area (Å²) in [4.78, 5) is 0.0235. The number of hydrogen-bond donors (Lipinski definition) is 0. The van der Waals surface area contributed by atoms with Gasteiger partial charge in [0.05, 0.1) is 12.7 Å². The van der Waals surface area contributed by atoms with E-state index in [1.165, 1.54) is 12.4 Å². The van der Waals surface area contributed by atoms with E-state index < -0.39 is 9.05 Å². The number of aryl methyl sites for hydroxylation is 2. The molecule has 0 spiro atoms. The highest BCUT2D eigenvalue weighted by molar-refractivity contribution is 8.13. The Kier molecular flexibility index (Phi) is 3.45. The molecule has 0 amide bonds. The zero-order chi connectivity index (χ0) is 13.3. The first kappa shape index (κ1) is 13.1. The van der Waals surface area contributed by atoms with Crippen LogP contribution in [0.15, 0.2) is 35.5 Å². The van der Waals surface area contributed by atoms with Crippen molar-refractivity contribution in [3.8, 4) is 0 Å². The van der Waals surface area contributed by atoms with Gasteiger partial charge >= 0.3 is 0 Å².